The van der Waals surface area contributed by atoms with Crippen LogP contribution in [-0.4, -0.2) is 47.0 Å². The molecule has 4 nitrogen and oxygen atoms in total. The number of rotatable bonds is 6. The molecular formula is C19H24ClNO3S. The maximum atomic E-state index is 13.1. The fourth-order valence-corrected chi connectivity index (χ4v) is 5.13. The largest absolute Gasteiger partial charge is 1.00 e. The maximum absolute atomic E-state index is 13.1. The second-order valence-corrected chi connectivity index (χ2v) is 8.39. The van der Waals surface area contributed by atoms with Crippen LogP contribution in [0.25, 0.3) is 0 Å². The van der Waals surface area contributed by atoms with Crippen LogP contribution >= 0.6 is 0 Å². The lowest BCUT2D eigenvalue weighted by Gasteiger charge is -2.25. The third kappa shape index (κ3) is 5.28. The molecule has 1 saturated heterocycles. The van der Waals surface area contributed by atoms with E-state index in [0.717, 1.165) is 37.4 Å². The second kappa shape index (κ2) is 9.34. The maximum Gasteiger partial charge on any atom is 0.166 e. The molecule has 0 saturated carbocycles. The Balaban J connectivity index is 0.00000225. The summed E-state index contributed by atoms with van der Waals surface area (Å²) in [4.78, 5) is 1.31. The zero-order chi connectivity index (χ0) is 16.8. The topological polar surface area (TPSA) is 47.8 Å². The van der Waals surface area contributed by atoms with Crippen molar-refractivity contribution in [2.45, 2.75) is 5.25 Å². The van der Waals surface area contributed by atoms with Gasteiger partial charge in [0.2, 0.25) is 0 Å². The van der Waals surface area contributed by atoms with Crippen LogP contribution in [0, 0.1) is 0 Å². The van der Waals surface area contributed by atoms with E-state index in [0.29, 0.717) is 6.54 Å². The van der Waals surface area contributed by atoms with E-state index in [2.05, 4.69) is 0 Å². The lowest BCUT2D eigenvalue weighted by molar-refractivity contribution is -0.905. The molecule has 2 aromatic carbocycles. The first-order chi connectivity index (χ1) is 11.7. The lowest BCUT2D eigenvalue weighted by atomic mass is 10.0. The average Bonchev–Trinajstić information content (AvgIpc) is 2.63. The molecule has 6 heteroatoms. The van der Waals surface area contributed by atoms with Gasteiger partial charge >= 0.3 is 0 Å². The van der Waals surface area contributed by atoms with Gasteiger partial charge in [-0.05, 0) is 11.1 Å². The Kier molecular flexibility index (Phi) is 7.44. The van der Waals surface area contributed by atoms with Crippen molar-refractivity contribution in [1.29, 1.82) is 0 Å². The number of hydrogen-bond donors (Lipinski definition) is 1. The standard InChI is InChI=1S/C19H23NO3S.ClH/c21-24(22,16-13-20-11-14-23-15-12-20)19(17-7-3-1-4-8-17)18-9-5-2-6-10-18;/h1-10,19H,11-16H2;1H. The van der Waals surface area contributed by atoms with Crippen molar-refractivity contribution >= 4 is 9.84 Å². The lowest BCUT2D eigenvalue weighted by Crippen LogP contribution is -3.14. The minimum absolute atomic E-state index is 0. The number of quaternary nitrogens is 1. The predicted octanol–water partition coefficient (Wildman–Crippen LogP) is -1.89. The Morgan fingerprint density at radius 1 is 0.880 bits per heavy atom. The summed E-state index contributed by atoms with van der Waals surface area (Å²) in [6.45, 7) is 3.85. The zero-order valence-electron chi connectivity index (χ0n) is 14.1. The van der Waals surface area contributed by atoms with E-state index in [9.17, 15) is 8.42 Å². The Morgan fingerprint density at radius 2 is 1.36 bits per heavy atom. The van der Waals surface area contributed by atoms with Crippen LogP contribution in [0.5, 0.6) is 0 Å². The van der Waals surface area contributed by atoms with E-state index in [1.54, 1.807) is 0 Å². The third-order valence-corrected chi connectivity index (χ3v) is 6.54. The van der Waals surface area contributed by atoms with E-state index < -0.39 is 15.1 Å². The first-order valence-electron chi connectivity index (χ1n) is 8.39. The highest BCUT2D eigenvalue weighted by molar-refractivity contribution is 7.91. The molecule has 0 aromatic heterocycles. The van der Waals surface area contributed by atoms with Gasteiger partial charge in [-0.1, -0.05) is 60.7 Å². The van der Waals surface area contributed by atoms with Crippen LogP contribution in [0.2, 0.25) is 0 Å². The molecule has 1 N–H and O–H groups in total. The normalized spacial score (nSPS) is 15.7. The Labute approximate surface area is 156 Å². The smallest absolute Gasteiger partial charge is 0.166 e. The first-order valence-corrected chi connectivity index (χ1v) is 10.1. The molecule has 1 fully saturated rings. The van der Waals surface area contributed by atoms with E-state index >= 15 is 0 Å². The van der Waals surface area contributed by atoms with Crippen LogP contribution in [-0.2, 0) is 14.6 Å². The third-order valence-electron chi connectivity index (χ3n) is 4.50. The number of ether oxygens (including phenoxy) is 1. The van der Waals surface area contributed by atoms with Crippen molar-refractivity contribution in [2.24, 2.45) is 0 Å². The zero-order valence-corrected chi connectivity index (χ0v) is 15.7. The monoisotopic (exact) mass is 381 g/mol. The molecule has 1 aliphatic heterocycles. The van der Waals surface area contributed by atoms with Gasteiger partial charge in [0.25, 0.3) is 0 Å². The second-order valence-electron chi connectivity index (χ2n) is 6.18. The molecule has 1 aliphatic rings. The summed E-state index contributed by atoms with van der Waals surface area (Å²) in [6.07, 6.45) is 0. The summed E-state index contributed by atoms with van der Waals surface area (Å²) in [6, 6.07) is 19.0. The van der Waals surface area contributed by atoms with Gasteiger partial charge < -0.3 is 22.0 Å². The van der Waals surface area contributed by atoms with Gasteiger partial charge in [0.15, 0.2) is 9.84 Å². The van der Waals surface area contributed by atoms with Gasteiger partial charge in [0.1, 0.15) is 24.1 Å². The minimum atomic E-state index is -3.29. The molecule has 0 unspecified atom stereocenters. The fourth-order valence-electron chi connectivity index (χ4n) is 3.18. The Hall–Kier alpha value is -1.40. The van der Waals surface area contributed by atoms with Crippen LogP contribution < -0.4 is 17.3 Å². The van der Waals surface area contributed by atoms with Crippen molar-refractivity contribution < 1.29 is 30.5 Å². The summed E-state index contributed by atoms with van der Waals surface area (Å²) < 4.78 is 31.6. The summed E-state index contributed by atoms with van der Waals surface area (Å²) in [5.41, 5.74) is 1.67. The molecule has 0 amide bonds. The van der Waals surface area contributed by atoms with Gasteiger partial charge in [0, 0.05) is 0 Å². The molecule has 0 spiro atoms. The van der Waals surface area contributed by atoms with Crippen LogP contribution in [0.3, 0.4) is 0 Å². The fraction of sp³-hybridized carbons (Fsp3) is 0.368. The van der Waals surface area contributed by atoms with Crippen molar-refractivity contribution in [3.8, 4) is 0 Å². The van der Waals surface area contributed by atoms with Crippen molar-refractivity contribution in [3.05, 3.63) is 71.8 Å². The average molecular weight is 382 g/mol. The Morgan fingerprint density at radius 3 is 1.84 bits per heavy atom. The molecule has 3 rings (SSSR count). The summed E-state index contributed by atoms with van der Waals surface area (Å²) in [5.74, 6) is 0.191. The van der Waals surface area contributed by atoms with Crippen LogP contribution in [0.1, 0.15) is 16.4 Å². The molecule has 0 radical (unpaired) electrons. The highest BCUT2D eigenvalue weighted by atomic mass is 35.5. The summed E-state index contributed by atoms with van der Waals surface area (Å²) in [5, 5.41) is -0.597. The number of morpholine rings is 1. The Bertz CT molecular complexity index is 692. The molecule has 0 atom stereocenters. The number of sulfone groups is 1. The quantitative estimate of drug-likeness (QED) is 0.636. The highest BCUT2D eigenvalue weighted by Crippen LogP contribution is 2.30. The molecule has 25 heavy (non-hydrogen) atoms. The van der Waals surface area contributed by atoms with E-state index in [1.807, 2.05) is 60.7 Å². The minimum Gasteiger partial charge on any atom is -1.00 e. The van der Waals surface area contributed by atoms with Gasteiger partial charge in [-0.15, -0.1) is 0 Å². The van der Waals surface area contributed by atoms with Crippen LogP contribution in [0.4, 0.5) is 0 Å². The predicted molar refractivity (Wildman–Crippen MR) is 94.9 cm³/mol. The number of benzene rings is 2. The molecular weight excluding hydrogens is 358 g/mol. The van der Waals surface area contributed by atoms with Crippen molar-refractivity contribution in [3.63, 3.8) is 0 Å². The van der Waals surface area contributed by atoms with E-state index in [4.69, 9.17) is 4.74 Å². The summed E-state index contributed by atoms with van der Waals surface area (Å²) >= 11 is 0. The number of nitrogens with one attached hydrogen (secondary N) is 1. The number of halogens is 1. The van der Waals surface area contributed by atoms with Crippen LogP contribution in [0.15, 0.2) is 60.7 Å². The van der Waals surface area contributed by atoms with Gasteiger partial charge in [-0.3, -0.25) is 0 Å². The van der Waals surface area contributed by atoms with Crippen molar-refractivity contribution in [1.82, 2.24) is 0 Å². The van der Waals surface area contributed by atoms with Gasteiger partial charge in [-0.25, -0.2) is 8.42 Å². The first kappa shape index (κ1) is 19.9. The molecule has 136 valence electrons. The number of hydrogen-bond acceptors (Lipinski definition) is 3. The van der Waals surface area contributed by atoms with E-state index in [-0.39, 0.29) is 18.2 Å². The van der Waals surface area contributed by atoms with Gasteiger partial charge in [0.05, 0.1) is 19.8 Å². The highest BCUT2D eigenvalue weighted by Gasteiger charge is 2.30. The summed E-state index contributed by atoms with van der Waals surface area (Å²) in [7, 11) is -3.29. The van der Waals surface area contributed by atoms with E-state index in [1.165, 1.54) is 4.90 Å². The molecule has 0 bridgehead atoms. The SMILES string of the molecule is O=S(=O)(CC[NH+]1CCOCC1)C(c1ccccc1)c1ccccc1.[Cl-]. The van der Waals surface area contributed by atoms with Crippen molar-refractivity contribution in [2.75, 3.05) is 38.6 Å². The molecule has 1 heterocycles. The molecule has 2 aromatic rings. The van der Waals surface area contributed by atoms with Gasteiger partial charge in [-0.2, -0.15) is 0 Å². The molecule has 0 aliphatic carbocycles.